The maximum Gasteiger partial charge on any atom is 0.308 e. The maximum atomic E-state index is 13.2. The lowest BCUT2D eigenvalue weighted by atomic mass is 10.2. The lowest BCUT2D eigenvalue weighted by Crippen LogP contribution is -2.20. The van der Waals surface area contributed by atoms with Crippen LogP contribution in [0, 0.1) is 0 Å². The van der Waals surface area contributed by atoms with Gasteiger partial charge in [-0.2, -0.15) is 9.78 Å². The molecule has 32 heavy (non-hydrogen) atoms. The summed E-state index contributed by atoms with van der Waals surface area (Å²) in [7, 11) is 0. The van der Waals surface area contributed by atoms with Crippen LogP contribution in [0.2, 0.25) is 0 Å². The van der Waals surface area contributed by atoms with Crippen LogP contribution in [0.4, 0.5) is 0 Å². The van der Waals surface area contributed by atoms with E-state index in [9.17, 15) is 9.59 Å². The van der Waals surface area contributed by atoms with Gasteiger partial charge in [0, 0.05) is 12.3 Å². The van der Waals surface area contributed by atoms with Gasteiger partial charge >= 0.3 is 5.97 Å². The van der Waals surface area contributed by atoms with Crippen LogP contribution in [0.5, 0.6) is 5.75 Å². The first kappa shape index (κ1) is 19.4. The second kappa shape index (κ2) is 7.96. The third-order valence-electron chi connectivity index (χ3n) is 4.86. The van der Waals surface area contributed by atoms with Crippen molar-refractivity contribution in [3.63, 3.8) is 0 Å². The Bertz CT molecular complexity index is 1510. The van der Waals surface area contributed by atoms with Gasteiger partial charge in [-0.05, 0) is 54.1 Å². The van der Waals surface area contributed by atoms with E-state index < -0.39 is 5.97 Å². The largest absolute Gasteiger partial charge is 0.453 e. The first-order chi connectivity index (χ1) is 15.6. The Kier molecular flexibility index (Phi) is 4.84. The van der Waals surface area contributed by atoms with Crippen molar-refractivity contribution >= 4 is 34.1 Å². The van der Waals surface area contributed by atoms with Gasteiger partial charge in [0.05, 0.1) is 17.1 Å². The zero-order chi connectivity index (χ0) is 22.1. The molecule has 0 spiro atoms. The predicted molar refractivity (Wildman–Crippen MR) is 122 cm³/mol. The molecule has 0 aliphatic carbocycles. The van der Waals surface area contributed by atoms with Crippen LogP contribution < -0.4 is 10.3 Å². The topological polar surface area (TPSA) is 86.7 Å². The van der Waals surface area contributed by atoms with E-state index in [0.29, 0.717) is 33.8 Å². The molecule has 0 saturated heterocycles. The molecule has 0 atom stereocenters. The molecule has 0 unspecified atom stereocenters. The first-order valence-corrected chi connectivity index (χ1v) is 9.92. The fourth-order valence-corrected chi connectivity index (χ4v) is 3.39. The molecule has 5 rings (SSSR count). The highest BCUT2D eigenvalue weighted by molar-refractivity contribution is 5.85. The summed E-state index contributed by atoms with van der Waals surface area (Å²) >= 11 is 0. The van der Waals surface area contributed by atoms with Crippen LogP contribution in [-0.4, -0.2) is 21.8 Å². The van der Waals surface area contributed by atoms with Crippen molar-refractivity contribution in [3.05, 3.63) is 94.8 Å². The van der Waals surface area contributed by atoms with Gasteiger partial charge < -0.3 is 9.15 Å². The van der Waals surface area contributed by atoms with E-state index in [-0.39, 0.29) is 5.56 Å². The second-order valence-electron chi connectivity index (χ2n) is 7.13. The zero-order valence-electron chi connectivity index (χ0n) is 17.1. The van der Waals surface area contributed by atoms with Crippen molar-refractivity contribution in [2.75, 3.05) is 0 Å². The number of ether oxygens (including phenoxy) is 1. The summed E-state index contributed by atoms with van der Waals surface area (Å²) in [5.41, 5.74) is 1.67. The van der Waals surface area contributed by atoms with Gasteiger partial charge in [-0.1, -0.05) is 30.3 Å². The Morgan fingerprint density at radius 3 is 2.56 bits per heavy atom. The molecule has 0 radical (unpaired) electrons. The summed E-state index contributed by atoms with van der Waals surface area (Å²) in [4.78, 5) is 29.0. The molecule has 2 aromatic heterocycles. The fraction of sp³-hybridized carbons (Fsp3) is 0.0400. The smallest absolute Gasteiger partial charge is 0.308 e. The molecule has 0 fully saturated rings. The summed E-state index contributed by atoms with van der Waals surface area (Å²) in [6, 6.07) is 23.3. The molecular weight excluding hydrogens is 406 g/mol. The number of carbonyl (C=O) groups is 1. The quantitative estimate of drug-likeness (QED) is 0.239. The molecule has 5 aromatic rings. The maximum absolute atomic E-state index is 13.2. The molecule has 0 aliphatic rings. The highest BCUT2D eigenvalue weighted by atomic mass is 16.5. The van der Waals surface area contributed by atoms with Gasteiger partial charge in [0.25, 0.3) is 5.56 Å². The first-order valence-electron chi connectivity index (χ1n) is 9.92. The van der Waals surface area contributed by atoms with Crippen LogP contribution in [0.25, 0.3) is 33.5 Å². The molecule has 2 heterocycles. The van der Waals surface area contributed by atoms with Crippen molar-refractivity contribution in [1.82, 2.24) is 9.66 Å². The van der Waals surface area contributed by atoms with Gasteiger partial charge in [-0.15, -0.1) is 0 Å². The van der Waals surface area contributed by atoms with Crippen molar-refractivity contribution in [2.45, 2.75) is 6.92 Å². The minimum Gasteiger partial charge on any atom is -0.453 e. The Morgan fingerprint density at radius 2 is 1.78 bits per heavy atom. The van der Waals surface area contributed by atoms with E-state index in [1.807, 2.05) is 36.4 Å². The van der Waals surface area contributed by atoms with Gasteiger partial charge in [0.2, 0.25) is 5.82 Å². The minimum absolute atomic E-state index is 0.303. The number of hydrogen-bond donors (Lipinski definition) is 0. The van der Waals surface area contributed by atoms with Crippen LogP contribution in [0.3, 0.4) is 0 Å². The molecule has 0 bridgehead atoms. The Hall–Kier alpha value is -4.52. The van der Waals surface area contributed by atoms with Crippen LogP contribution in [0.1, 0.15) is 12.5 Å². The van der Waals surface area contributed by atoms with Crippen molar-refractivity contribution in [3.8, 4) is 17.3 Å². The lowest BCUT2D eigenvalue weighted by molar-refractivity contribution is -0.131. The number of nitrogens with zero attached hydrogens (tertiary/aromatic N) is 3. The van der Waals surface area contributed by atoms with Gasteiger partial charge in [0.15, 0.2) is 5.76 Å². The van der Waals surface area contributed by atoms with Crippen LogP contribution in [-0.2, 0) is 4.79 Å². The summed E-state index contributed by atoms with van der Waals surface area (Å²) in [5.74, 6) is 0.784. The van der Waals surface area contributed by atoms with E-state index in [1.165, 1.54) is 11.6 Å². The number of para-hydroxylation sites is 2. The van der Waals surface area contributed by atoms with E-state index >= 15 is 0 Å². The van der Waals surface area contributed by atoms with Crippen molar-refractivity contribution in [1.29, 1.82) is 0 Å². The molecule has 0 amide bonds. The van der Waals surface area contributed by atoms with E-state index in [0.717, 1.165) is 10.9 Å². The Morgan fingerprint density at radius 1 is 1.03 bits per heavy atom. The van der Waals surface area contributed by atoms with E-state index in [2.05, 4.69) is 10.1 Å². The molecule has 0 saturated carbocycles. The number of carbonyl (C=O) groups excluding carboxylic acids is 1. The molecule has 0 N–H and O–H groups in total. The standard InChI is InChI=1S/C25H17N3O4/c1-16(29)31-19-12-10-17(11-13-19)15-26-28-24(23-14-18-6-2-5-9-22(18)32-23)27-21-8-4-3-7-20(21)25(28)30/h2-15H,1H3. The minimum atomic E-state index is -0.393. The van der Waals surface area contributed by atoms with Gasteiger partial charge in [-0.25, -0.2) is 4.98 Å². The molecule has 3 aromatic carbocycles. The number of benzene rings is 3. The van der Waals surface area contributed by atoms with Crippen molar-refractivity contribution in [2.24, 2.45) is 5.10 Å². The Balaban J connectivity index is 1.63. The van der Waals surface area contributed by atoms with Crippen LogP contribution in [0.15, 0.2) is 93.2 Å². The normalized spacial score (nSPS) is 11.4. The molecule has 7 nitrogen and oxygen atoms in total. The summed E-state index contributed by atoms with van der Waals surface area (Å²) < 4.78 is 12.2. The average Bonchev–Trinajstić information content (AvgIpc) is 3.23. The monoisotopic (exact) mass is 423 g/mol. The fourth-order valence-electron chi connectivity index (χ4n) is 3.39. The third kappa shape index (κ3) is 3.67. The van der Waals surface area contributed by atoms with Crippen molar-refractivity contribution < 1.29 is 13.9 Å². The average molecular weight is 423 g/mol. The number of aromatic nitrogens is 2. The predicted octanol–water partition coefficient (Wildman–Crippen LogP) is 4.62. The second-order valence-corrected chi connectivity index (χ2v) is 7.13. The summed E-state index contributed by atoms with van der Waals surface area (Å²) in [6.45, 7) is 1.34. The molecule has 7 heteroatoms. The lowest BCUT2D eigenvalue weighted by Gasteiger charge is -2.07. The molecular formula is C25H17N3O4. The highest BCUT2D eigenvalue weighted by Gasteiger charge is 2.16. The molecule has 156 valence electrons. The summed E-state index contributed by atoms with van der Waals surface area (Å²) in [6.07, 6.45) is 1.54. The third-order valence-corrected chi connectivity index (χ3v) is 4.86. The summed E-state index contributed by atoms with van der Waals surface area (Å²) in [5, 5.41) is 5.77. The number of furan rings is 1. The van der Waals surface area contributed by atoms with E-state index in [4.69, 9.17) is 9.15 Å². The number of rotatable bonds is 4. The van der Waals surface area contributed by atoms with Gasteiger partial charge in [0.1, 0.15) is 11.3 Å². The zero-order valence-corrected chi connectivity index (χ0v) is 17.1. The van der Waals surface area contributed by atoms with Gasteiger partial charge in [-0.3, -0.25) is 9.59 Å². The number of esters is 1. The SMILES string of the molecule is CC(=O)Oc1ccc(C=Nn2c(-c3cc4ccccc4o3)nc3ccccc3c2=O)cc1. The Labute approximate surface area is 182 Å². The number of fused-ring (bicyclic) bond motifs is 2. The van der Waals surface area contributed by atoms with Crippen LogP contribution >= 0.6 is 0 Å². The van der Waals surface area contributed by atoms with E-state index in [1.54, 1.807) is 48.7 Å². The number of hydrogen-bond acceptors (Lipinski definition) is 6. The molecule has 0 aliphatic heterocycles. The highest BCUT2D eigenvalue weighted by Crippen LogP contribution is 2.27.